The van der Waals surface area contributed by atoms with Gasteiger partial charge in [0.2, 0.25) is 5.95 Å². The highest BCUT2D eigenvalue weighted by Gasteiger charge is 2.14. The van der Waals surface area contributed by atoms with Crippen molar-refractivity contribution in [1.82, 2.24) is 20.3 Å². The summed E-state index contributed by atoms with van der Waals surface area (Å²) in [6.45, 7) is 5.94. The second kappa shape index (κ2) is 4.78. The van der Waals surface area contributed by atoms with Crippen LogP contribution in [0, 0.1) is 6.92 Å². The van der Waals surface area contributed by atoms with Gasteiger partial charge in [0, 0.05) is 38.1 Å². The van der Waals surface area contributed by atoms with Crippen LogP contribution in [-0.2, 0) is 0 Å². The van der Waals surface area contributed by atoms with Gasteiger partial charge in [-0.05, 0) is 25.1 Å². The largest absolute Gasteiger partial charge is 0.360 e. The molecule has 0 unspecified atom stereocenters. The molecule has 1 aliphatic heterocycles. The fraction of sp³-hybridized carbons (Fsp3) is 0.385. The molecule has 3 heterocycles. The summed E-state index contributed by atoms with van der Waals surface area (Å²) in [7, 11) is 0. The average molecular weight is 243 g/mol. The molecular formula is C13H17N5. The van der Waals surface area contributed by atoms with Crippen molar-refractivity contribution in [3.63, 3.8) is 0 Å². The van der Waals surface area contributed by atoms with Crippen molar-refractivity contribution in [2.75, 3.05) is 31.1 Å². The van der Waals surface area contributed by atoms with Crippen LogP contribution in [0.5, 0.6) is 0 Å². The molecule has 18 heavy (non-hydrogen) atoms. The van der Waals surface area contributed by atoms with Gasteiger partial charge in [-0.3, -0.25) is 0 Å². The first-order chi connectivity index (χ1) is 8.83. The van der Waals surface area contributed by atoms with Crippen molar-refractivity contribution in [2.24, 2.45) is 0 Å². The SMILES string of the molecule is Cc1cc(-c2ccc[nH]2)nc(N2CCNCC2)n1. The van der Waals surface area contributed by atoms with Gasteiger partial charge in [-0.25, -0.2) is 9.97 Å². The van der Waals surface area contributed by atoms with Crippen molar-refractivity contribution in [3.05, 3.63) is 30.1 Å². The Labute approximate surface area is 106 Å². The van der Waals surface area contributed by atoms with E-state index in [1.54, 1.807) is 0 Å². The minimum atomic E-state index is 0.834. The smallest absolute Gasteiger partial charge is 0.226 e. The minimum Gasteiger partial charge on any atom is -0.360 e. The minimum absolute atomic E-state index is 0.834. The van der Waals surface area contributed by atoms with Crippen LogP contribution < -0.4 is 10.2 Å². The molecule has 2 aromatic rings. The zero-order valence-electron chi connectivity index (χ0n) is 10.5. The maximum Gasteiger partial charge on any atom is 0.226 e. The quantitative estimate of drug-likeness (QED) is 0.832. The van der Waals surface area contributed by atoms with Crippen LogP contribution in [0.4, 0.5) is 5.95 Å². The second-order valence-electron chi connectivity index (χ2n) is 4.52. The van der Waals surface area contributed by atoms with E-state index in [0.29, 0.717) is 0 Å². The van der Waals surface area contributed by atoms with Crippen LogP contribution in [0.15, 0.2) is 24.4 Å². The summed E-state index contributed by atoms with van der Waals surface area (Å²) in [5, 5.41) is 3.34. The molecule has 2 N–H and O–H groups in total. The lowest BCUT2D eigenvalue weighted by molar-refractivity contribution is 0.579. The van der Waals surface area contributed by atoms with Gasteiger partial charge in [-0.2, -0.15) is 0 Å². The Bertz CT molecular complexity index is 514. The molecule has 3 rings (SSSR count). The lowest BCUT2D eigenvalue weighted by Gasteiger charge is -2.27. The molecule has 1 aliphatic rings. The molecule has 5 nitrogen and oxygen atoms in total. The number of nitrogens with zero attached hydrogens (tertiary/aromatic N) is 3. The lowest BCUT2D eigenvalue weighted by Crippen LogP contribution is -2.44. The predicted octanol–water partition coefficient (Wildman–Crippen LogP) is 1.19. The number of hydrogen-bond donors (Lipinski definition) is 2. The summed E-state index contributed by atoms with van der Waals surface area (Å²) >= 11 is 0. The topological polar surface area (TPSA) is 56.8 Å². The number of piperazine rings is 1. The van der Waals surface area contributed by atoms with E-state index in [-0.39, 0.29) is 0 Å². The first-order valence-corrected chi connectivity index (χ1v) is 6.28. The maximum atomic E-state index is 4.66. The van der Waals surface area contributed by atoms with E-state index in [1.807, 2.05) is 31.3 Å². The van der Waals surface area contributed by atoms with E-state index in [9.17, 15) is 0 Å². The Balaban J connectivity index is 1.95. The summed E-state index contributed by atoms with van der Waals surface area (Å²) in [6, 6.07) is 6.03. The highest BCUT2D eigenvalue weighted by atomic mass is 15.3. The van der Waals surface area contributed by atoms with Crippen molar-refractivity contribution in [1.29, 1.82) is 0 Å². The van der Waals surface area contributed by atoms with E-state index in [2.05, 4.69) is 25.2 Å². The van der Waals surface area contributed by atoms with Crippen LogP contribution >= 0.6 is 0 Å². The molecule has 0 spiro atoms. The first kappa shape index (κ1) is 11.2. The molecule has 94 valence electrons. The fourth-order valence-electron chi connectivity index (χ4n) is 2.19. The maximum absolute atomic E-state index is 4.66. The Morgan fingerprint density at radius 3 is 2.78 bits per heavy atom. The lowest BCUT2D eigenvalue weighted by atomic mass is 10.2. The first-order valence-electron chi connectivity index (χ1n) is 6.28. The predicted molar refractivity (Wildman–Crippen MR) is 71.6 cm³/mol. The number of nitrogens with one attached hydrogen (secondary N) is 2. The van der Waals surface area contributed by atoms with Crippen LogP contribution in [0.1, 0.15) is 5.69 Å². The van der Waals surface area contributed by atoms with E-state index >= 15 is 0 Å². The standard InChI is InChI=1S/C13H17N5/c1-10-9-12(11-3-2-4-15-11)17-13(16-10)18-7-5-14-6-8-18/h2-4,9,14-15H,5-8H2,1H3. The molecule has 1 fully saturated rings. The molecule has 2 aromatic heterocycles. The van der Waals surface area contributed by atoms with Gasteiger partial charge in [0.05, 0.1) is 11.4 Å². The molecule has 0 amide bonds. The number of anilines is 1. The van der Waals surface area contributed by atoms with E-state index in [0.717, 1.165) is 49.2 Å². The Hall–Kier alpha value is -1.88. The third-order valence-corrected chi connectivity index (χ3v) is 3.12. The number of hydrogen-bond acceptors (Lipinski definition) is 4. The van der Waals surface area contributed by atoms with Gasteiger partial charge in [-0.1, -0.05) is 0 Å². The molecule has 0 aliphatic carbocycles. The summed E-state index contributed by atoms with van der Waals surface area (Å²) in [6.07, 6.45) is 1.91. The van der Waals surface area contributed by atoms with Gasteiger partial charge in [0.1, 0.15) is 0 Å². The van der Waals surface area contributed by atoms with E-state index < -0.39 is 0 Å². The van der Waals surface area contributed by atoms with E-state index in [1.165, 1.54) is 0 Å². The van der Waals surface area contributed by atoms with Gasteiger partial charge < -0.3 is 15.2 Å². The van der Waals surface area contributed by atoms with E-state index in [4.69, 9.17) is 0 Å². The van der Waals surface area contributed by atoms with Crippen LogP contribution in [0.25, 0.3) is 11.4 Å². The average Bonchev–Trinajstić information content (AvgIpc) is 2.93. The molecule has 5 heteroatoms. The molecule has 0 aromatic carbocycles. The highest BCUT2D eigenvalue weighted by molar-refractivity contribution is 5.56. The number of aromatic nitrogens is 3. The zero-order chi connectivity index (χ0) is 12.4. The summed E-state index contributed by atoms with van der Waals surface area (Å²) in [5.74, 6) is 0.834. The van der Waals surface area contributed by atoms with Gasteiger partial charge in [-0.15, -0.1) is 0 Å². The normalized spacial score (nSPS) is 15.9. The Morgan fingerprint density at radius 2 is 2.06 bits per heavy atom. The van der Waals surface area contributed by atoms with Crippen LogP contribution in [0.2, 0.25) is 0 Å². The zero-order valence-corrected chi connectivity index (χ0v) is 10.5. The van der Waals surface area contributed by atoms with Crippen molar-refractivity contribution >= 4 is 5.95 Å². The Morgan fingerprint density at radius 1 is 1.22 bits per heavy atom. The Kier molecular flexibility index (Phi) is 2.98. The third-order valence-electron chi connectivity index (χ3n) is 3.12. The van der Waals surface area contributed by atoms with Gasteiger partial charge >= 0.3 is 0 Å². The van der Waals surface area contributed by atoms with Crippen molar-refractivity contribution < 1.29 is 0 Å². The molecule has 0 radical (unpaired) electrons. The summed E-state index contributed by atoms with van der Waals surface area (Å²) < 4.78 is 0. The van der Waals surface area contributed by atoms with Crippen molar-refractivity contribution in [3.8, 4) is 11.4 Å². The number of H-pyrrole nitrogens is 1. The van der Waals surface area contributed by atoms with Crippen LogP contribution in [0.3, 0.4) is 0 Å². The van der Waals surface area contributed by atoms with Gasteiger partial charge in [0.25, 0.3) is 0 Å². The van der Waals surface area contributed by atoms with Crippen molar-refractivity contribution in [2.45, 2.75) is 6.92 Å². The second-order valence-corrected chi connectivity index (χ2v) is 4.52. The number of aromatic amines is 1. The van der Waals surface area contributed by atoms with Gasteiger partial charge in [0.15, 0.2) is 0 Å². The molecular weight excluding hydrogens is 226 g/mol. The molecule has 1 saturated heterocycles. The van der Waals surface area contributed by atoms with Crippen LogP contribution in [-0.4, -0.2) is 41.1 Å². The fourth-order valence-corrected chi connectivity index (χ4v) is 2.19. The summed E-state index contributed by atoms with van der Waals surface area (Å²) in [5.41, 5.74) is 3.00. The molecule has 0 bridgehead atoms. The monoisotopic (exact) mass is 243 g/mol. The summed E-state index contributed by atoms with van der Waals surface area (Å²) in [4.78, 5) is 14.6. The highest BCUT2D eigenvalue weighted by Crippen LogP contribution is 2.19. The number of aryl methyl sites for hydroxylation is 1. The molecule has 0 atom stereocenters. The third kappa shape index (κ3) is 2.22. The number of rotatable bonds is 2. The molecule has 0 saturated carbocycles.